The Hall–Kier alpha value is -3.19. The Labute approximate surface area is 179 Å². The number of nitrogens with zero attached hydrogens (tertiary/aromatic N) is 1. The number of ether oxygens (including phenoxy) is 3. The van der Waals surface area contributed by atoms with Gasteiger partial charge in [0.05, 0.1) is 31.4 Å². The highest BCUT2D eigenvalue weighted by Crippen LogP contribution is 2.41. The summed E-state index contributed by atoms with van der Waals surface area (Å²) < 4.78 is 15.8. The van der Waals surface area contributed by atoms with Gasteiger partial charge in [0.2, 0.25) is 0 Å². The average molecular weight is 426 g/mol. The van der Waals surface area contributed by atoms with E-state index in [0.717, 1.165) is 5.56 Å². The number of aryl methyl sites for hydroxylation is 1. The average Bonchev–Trinajstić information content (AvgIpc) is 3.04. The van der Waals surface area contributed by atoms with Crippen LogP contribution >= 0.6 is 11.8 Å². The summed E-state index contributed by atoms with van der Waals surface area (Å²) in [5, 5.41) is 11.2. The molecule has 0 unspecified atom stereocenters. The van der Waals surface area contributed by atoms with Crippen molar-refractivity contribution in [3.8, 4) is 11.5 Å². The number of methoxy groups -OCH3 is 2. The maximum absolute atomic E-state index is 12.5. The highest BCUT2D eigenvalue weighted by Gasteiger charge is 2.33. The van der Waals surface area contributed by atoms with E-state index in [0.29, 0.717) is 32.7 Å². The molecule has 0 bridgehead atoms. The maximum Gasteiger partial charge on any atom is 0.344 e. The molecule has 0 fully saturated rings. The summed E-state index contributed by atoms with van der Waals surface area (Å²) in [4.78, 5) is 17.6. The Morgan fingerprint density at radius 1 is 1.13 bits per heavy atom. The molecule has 1 N–H and O–H groups in total. The quantitative estimate of drug-likeness (QED) is 0.641. The third-order valence-corrected chi connectivity index (χ3v) is 5.38. The summed E-state index contributed by atoms with van der Waals surface area (Å²) in [7, 11) is 3.14. The summed E-state index contributed by atoms with van der Waals surface area (Å²) in [5.41, 5.74) is 2.53. The minimum Gasteiger partial charge on any atom is -0.506 e. The van der Waals surface area contributed by atoms with Crippen LogP contribution in [0.5, 0.6) is 11.5 Å². The van der Waals surface area contributed by atoms with E-state index in [1.54, 1.807) is 45.4 Å². The Morgan fingerprint density at radius 3 is 2.50 bits per heavy atom. The van der Waals surface area contributed by atoms with Gasteiger partial charge in [-0.3, -0.25) is 0 Å². The molecule has 0 spiro atoms. The van der Waals surface area contributed by atoms with E-state index in [4.69, 9.17) is 14.2 Å². The first-order valence-electron chi connectivity index (χ1n) is 9.34. The predicted molar refractivity (Wildman–Crippen MR) is 120 cm³/mol. The molecule has 2 aromatic carbocycles. The van der Waals surface area contributed by atoms with Gasteiger partial charge in [-0.1, -0.05) is 29.5 Å². The van der Waals surface area contributed by atoms with Crippen LogP contribution in [0.4, 0.5) is 5.69 Å². The monoisotopic (exact) mass is 425 g/mol. The number of esters is 1. The Morgan fingerprint density at radius 2 is 1.87 bits per heavy atom. The fourth-order valence-electron chi connectivity index (χ4n) is 2.82. The summed E-state index contributed by atoms with van der Waals surface area (Å²) in [5.74, 6) is 0.468. The summed E-state index contributed by atoms with van der Waals surface area (Å²) in [6, 6.07) is 12.9. The first kappa shape index (κ1) is 21.5. The fraction of sp³-hybridized carbons (Fsp3) is 0.217. The molecule has 156 valence electrons. The molecule has 0 aromatic heterocycles. The normalized spacial score (nSPS) is 16.3. The van der Waals surface area contributed by atoms with Gasteiger partial charge >= 0.3 is 5.97 Å². The summed E-state index contributed by atoms with van der Waals surface area (Å²) >= 11 is 1.20. The standard InChI is InChI=1S/C23H23NO5S/c1-5-29-23(26)20-21(25)19(13-15-12-17(27-3)10-11-18(15)28-4)30-22(20)24-16-8-6-14(2)7-9-16/h6-13,25H,5H2,1-4H3/b19-13+,24-22?. The number of carbonyl (C=O) groups is 1. The number of hydrogen-bond donors (Lipinski definition) is 1. The molecule has 3 rings (SSSR count). The van der Waals surface area contributed by atoms with E-state index >= 15 is 0 Å². The van der Waals surface area contributed by atoms with E-state index < -0.39 is 5.97 Å². The molecule has 30 heavy (non-hydrogen) atoms. The Bertz CT molecular complexity index is 1040. The van der Waals surface area contributed by atoms with Crippen LogP contribution in [0.2, 0.25) is 0 Å². The number of aliphatic imine (C=N–C) groups is 1. The largest absolute Gasteiger partial charge is 0.506 e. The number of thioether (sulfide) groups is 1. The Kier molecular flexibility index (Phi) is 6.84. The third-order valence-electron chi connectivity index (χ3n) is 4.36. The van der Waals surface area contributed by atoms with Crippen molar-refractivity contribution in [1.29, 1.82) is 0 Å². The lowest BCUT2D eigenvalue weighted by Gasteiger charge is -2.08. The first-order chi connectivity index (χ1) is 14.5. The molecule has 0 saturated carbocycles. The van der Waals surface area contributed by atoms with Gasteiger partial charge in [-0.15, -0.1) is 0 Å². The smallest absolute Gasteiger partial charge is 0.344 e. The Balaban J connectivity index is 2.08. The van der Waals surface area contributed by atoms with E-state index in [-0.39, 0.29) is 17.9 Å². The van der Waals surface area contributed by atoms with Gasteiger partial charge in [0.1, 0.15) is 27.9 Å². The second-order valence-electron chi connectivity index (χ2n) is 6.42. The van der Waals surface area contributed by atoms with Gasteiger partial charge in [-0.05, 0) is 50.3 Å². The van der Waals surface area contributed by atoms with Crippen molar-refractivity contribution in [2.75, 3.05) is 20.8 Å². The van der Waals surface area contributed by atoms with Crippen LogP contribution in [-0.2, 0) is 9.53 Å². The first-order valence-corrected chi connectivity index (χ1v) is 10.2. The number of benzene rings is 2. The lowest BCUT2D eigenvalue weighted by atomic mass is 10.1. The number of carbonyl (C=O) groups excluding carboxylic acids is 1. The van der Waals surface area contributed by atoms with Crippen LogP contribution in [0.15, 0.2) is 63.7 Å². The van der Waals surface area contributed by atoms with Gasteiger partial charge in [0.25, 0.3) is 0 Å². The lowest BCUT2D eigenvalue weighted by molar-refractivity contribution is -0.138. The zero-order chi connectivity index (χ0) is 21.7. The molecule has 2 aromatic rings. The van der Waals surface area contributed by atoms with Crippen molar-refractivity contribution in [1.82, 2.24) is 0 Å². The third kappa shape index (κ3) is 4.68. The van der Waals surface area contributed by atoms with Crippen molar-refractivity contribution in [2.45, 2.75) is 13.8 Å². The zero-order valence-electron chi connectivity index (χ0n) is 17.3. The topological polar surface area (TPSA) is 77.4 Å². The highest BCUT2D eigenvalue weighted by atomic mass is 32.2. The highest BCUT2D eigenvalue weighted by molar-refractivity contribution is 8.18. The van der Waals surface area contributed by atoms with E-state index in [1.807, 2.05) is 31.2 Å². The molecular weight excluding hydrogens is 402 g/mol. The molecule has 0 atom stereocenters. The second kappa shape index (κ2) is 9.54. The molecule has 7 heteroatoms. The number of aliphatic hydroxyl groups excluding tert-OH is 1. The molecular formula is C23H23NO5S. The molecule has 6 nitrogen and oxygen atoms in total. The minimum atomic E-state index is -0.616. The number of rotatable bonds is 6. The van der Waals surface area contributed by atoms with Crippen molar-refractivity contribution >= 4 is 34.5 Å². The van der Waals surface area contributed by atoms with Gasteiger partial charge in [-0.25, -0.2) is 9.79 Å². The molecule has 0 saturated heterocycles. The fourth-order valence-corrected chi connectivity index (χ4v) is 3.85. The lowest BCUT2D eigenvalue weighted by Crippen LogP contribution is -2.12. The van der Waals surface area contributed by atoms with Gasteiger partial charge in [-0.2, -0.15) is 0 Å². The van der Waals surface area contributed by atoms with Gasteiger partial charge in [0, 0.05) is 5.56 Å². The van der Waals surface area contributed by atoms with Crippen molar-refractivity contribution in [3.63, 3.8) is 0 Å². The van der Waals surface area contributed by atoms with E-state index in [9.17, 15) is 9.90 Å². The molecule has 0 radical (unpaired) electrons. The van der Waals surface area contributed by atoms with Crippen LogP contribution < -0.4 is 9.47 Å². The maximum atomic E-state index is 12.5. The van der Waals surface area contributed by atoms with E-state index in [2.05, 4.69) is 4.99 Å². The van der Waals surface area contributed by atoms with E-state index in [1.165, 1.54) is 11.8 Å². The SMILES string of the molecule is CCOC(=O)C1=C(O)/C(=C\c2cc(OC)ccc2OC)SC1=Nc1ccc(C)cc1. The van der Waals surface area contributed by atoms with Crippen molar-refractivity contribution in [3.05, 3.63) is 69.8 Å². The van der Waals surface area contributed by atoms with Crippen LogP contribution in [0.25, 0.3) is 6.08 Å². The molecule has 1 aliphatic heterocycles. The second-order valence-corrected chi connectivity index (χ2v) is 7.45. The van der Waals surface area contributed by atoms with Crippen molar-refractivity contribution < 1.29 is 24.1 Å². The molecule has 1 aliphatic rings. The summed E-state index contributed by atoms with van der Waals surface area (Å²) in [6.45, 7) is 3.90. The van der Waals surface area contributed by atoms with Gasteiger partial charge in [0.15, 0.2) is 0 Å². The van der Waals surface area contributed by atoms with Crippen LogP contribution in [0, 0.1) is 6.92 Å². The molecule has 1 heterocycles. The van der Waals surface area contributed by atoms with Crippen molar-refractivity contribution in [2.24, 2.45) is 4.99 Å². The summed E-state index contributed by atoms with van der Waals surface area (Å²) in [6.07, 6.45) is 1.73. The predicted octanol–water partition coefficient (Wildman–Crippen LogP) is 5.21. The van der Waals surface area contributed by atoms with Crippen LogP contribution in [-0.4, -0.2) is 36.9 Å². The van der Waals surface area contributed by atoms with Gasteiger partial charge < -0.3 is 19.3 Å². The molecule has 0 amide bonds. The van der Waals surface area contributed by atoms with Crippen LogP contribution in [0.1, 0.15) is 18.1 Å². The molecule has 0 aliphatic carbocycles. The van der Waals surface area contributed by atoms with Crippen LogP contribution in [0.3, 0.4) is 0 Å². The number of aliphatic hydroxyl groups is 1. The number of hydrogen-bond acceptors (Lipinski definition) is 7. The zero-order valence-corrected chi connectivity index (χ0v) is 18.1. The minimum absolute atomic E-state index is 0.0514.